The van der Waals surface area contributed by atoms with Gasteiger partial charge in [0.2, 0.25) is 5.43 Å². The van der Waals surface area contributed by atoms with Crippen LogP contribution in [0.1, 0.15) is 29.6 Å². The van der Waals surface area contributed by atoms with Gasteiger partial charge in [0.1, 0.15) is 35.0 Å². The van der Waals surface area contributed by atoms with E-state index in [1.807, 2.05) is 0 Å². The Morgan fingerprint density at radius 2 is 1.74 bits per heavy atom. The molecule has 14 heteroatoms. The van der Waals surface area contributed by atoms with Gasteiger partial charge in [-0.3, -0.25) is 23.9 Å². The van der Waals surface area contributed by atoms with E-state index in [9.17, 15) is 45.8 Å². The first-order valence-electron chi connectivity index (χ1n) is 11.4. The topological polar surface area (TPSA) is 105 Å². The van der Waals surface area contributed by atoms with Gasteiger partial charge in [-0.2, -0.15) is 13.2 Å². The standard InChI is InChI=1S/C24H18F6N4O4/c25-11-7-14(26)18(15(27)8-11)34-9-13(22(37)32-20(10-1-2-10)24(28,29)30)19(36)12-3-4-17(31-21(12)34)33-6-5-16(35)23(33)38/h3-4,7-10,16,20,35H,1-2,5-6H2,(H,32,37)/t16-,20?/m0/s1. The average molecular weight is 540 g/mol. The van der Waals surface area contributed by atoms with Crippen molar-refractivity contribution in [3.8, 4) is 5.69 Å². The lowest BCUT2D eigenvalue weighted by Gasteiger charge is -2.22. The zero-order valence-electron chi connectivity index (χ0n) is 19.2. The molecule has 2 atom stereocenters. The second-order valence-corrected chi connectivity index (χ2v) is 9.13. The Morgan fingerprint density at radius 1 is 1.08 bits per heavy atom. The van der Waals surface area contributed by atoms with E-state index in [0.29, 0.717) is 22.9 Å². The number of fused-ring (bicyclic) bond motifs is 1. The van der Waals surface area contributed by atoms with Crippen LogP contribution in [-0.4, -0.2) is 51.3 Å². The number of hydrogen-bond acceptors (Lipinski definition) is 5. The Labute approximate surface area is 209 Å². The second kappa shape index (κ2) is 9.11. The van der Waals surface area contributed by atoms with Crippen LogP contribution >= 0.6 is 0 Å². The van der Waals surface area contributed by atoms with Gasteiger partial charge >= 0.3 is 6.18 Å². The van der Waals surface area contributed by atoms with Gasteiger partial charge < -0.3 is 10.4 Å². The van der Waals surface area contributed by atoms with E-state index in [1.54, 1.807) is 5.32 Å². The zero-order valence-corrected chi connectivity index (χ0v) is 19.2. The van der Waals surface area contributed by atoms with Gasteiger partial charge in [0.25, 0.3) is 11.8 Å². The molecule has 200 valence electrons. The summed E-state index contributed by atoms with van der Waals surface area (Å²) < 4.78 is 84.3. The number of aliphatic hydroxyl groups excluding tert-OH is 1. The molecule has 1 saturated carbocycles. The van der Waals surface area contributed by atoms with E-state index in [2.05, 4.69) is 4.98 Å². The van der Waals surface area contributed by atoms with Crippen molar-refractivity contribution in [1.29, 1.82) is 0 Å². The highest BCUT2D eigenvalue weighted by Gasteiger charge is 2.50. The normalized spacial score (nSPS) is 18.8. The van der Waals surface area contributed by atoms with Gasteiger partial charge in [-0.1, -0.05) is 0 Å². The molecule has 3 aromatic rings. The molecule has 2 fully saturated rings. The summed E-state index contributed by atoms with van der Waals surface area (Å²) in [6.45, 7) is 0.0441. The summed E-state index contributed by atoms with van der Waals surface area (Å²) >= 11 is 0. The number of aromatic nitrogens is 2. The highest BCUT2D eigenvalue weighted by molar-refractivity contribution is 6.00. The number of carbonyl (C=O) groups is 2. The molecule has 0 bridgehead atoms. The van der Waals surface area contributed by atoms with Crippen molar-refractivity contribution in [3.63, 3.8) is 0 Å². The number of rotatable bonds is 5. The predicted molar refractivity (Wildman–Crippen MR) is 120 cm³/mol. The van der Waals surface area contributed by atoms with Crippen molar-refractivity contribution in [1.82, 2.24) is 14.9 Å². The van der Waals surface area contributed by atoms with Crippen LogP contribution in [0.5, 0.6) is 0 Å². The van der Waals surface area contributed by atoms with E-state index >= 15 is 0 Å². The summed E-state index contributed by atoms with van der Waals surface area (Å²) in [5.74, 6) is -7.28. The van der Waals surface area contributed by atoms with Crippen molar-refractivity contribution in [2.45, 2.75) is 37.6 Å². The maximum absolute atomic E-state index is 14.8. The smallest absolute Gasteiger partial charge is 0.383 e. The fourth-order valence-corrected chi connectivity index (χ4v) is 4.45. The Bertz CT molecular complexity index is 1510. The van der Waals surface area contributed by atoms with Crippen LogP contribution < -0.4 is 15.6 Å². The first kappa shape index (κ1) is 25.7. The van der Waals surface area contributed by atoms with Gasteiger partial charge in [0, 0.05) is 31.3 Å². The van der Waals surface area contributed by atoms with Gasteiger partial charge in [0.15, 0.2) is 17.3 Å². The zero-order chi connectivity index (χ0) is 27.5. The van der Waals surface area contributed by atoms with E-state index in [4.69, 9.17) is 0 Å². The van der Waals surface area contributed by atoms with Crippen molar-refractivity contribution < 1.29 is 41.0 Å². The van der Waals surface area contributed by atoms with E-state index in [1.165, 1.54) is 6.07 Å². The predicted octanol–water partition coefficient (Wildman–Crippen LogP) is 2.97. The van der Waals surface area contributed by atoms with Gasteiger partial charge in [-0.05, 0) is 30.9 Å². The number of benzene rings is 1. The van der Waals surface area contributed by atoms with E-state index in [-0.39, 0.29) is 31.6 Å². The number of nitrogens with one attached hydrogen (secondary N) is 1. The summed E-state index contributed by atoms with van der Waals surface area (Å²) in [5, 5.41) is 11.1. The molecule has 5 rings (SSSR count). The Morgan fingerprint density at radius 3 is 2.29 bits per heavy atom. The summed E-state index contributed by atoms with van der Waals surface area (Å²) in [4.78, 5) is 43.5. The van der Waals surface area contributed by atoms with E-state index < -0.39 is 81.2 Å². The molecule has 3 heterocycles. The van der Waals surface area contributed by atoms with Crippen molar-refractivity contribution in [2.24, 2.45) is 5.92 Å². The highest BCUT2D eigenvalue weighted by atomic mass is 19.4. The van der Waals surface area contributed by atoms with Crippen LogP contribution in [0.2, 0.25) is 0 Å². The maximum Gasteiger partial charge on any atom is 0.408 e. The van der Waals surface area contributed by atoms with E-state index in [0.717, 1.165) is 11.0 Å². The number of halogens is 6. The Balaban J connectivity index is 1.70. The number of alkyl halides is 3. The molecule has 2 amide bonds. The van der Waals surface area contributed by atoms with Crippen LogP contribution in [0.15, 0.2) is 35.3 Å². The number of pyridine rings is 2. The van der Waals surface area contributed by atoms with Crippen LogP contribution in [0.4, 0.5) is 32.2 Å². The third-order valence-corrected chi connectivity index (χ3v) is 6.49. The van der Waals surface area contributed by atoms with Crippen LogP contribution in [0.25, 0.3) is 16.7 Å². The maximum atomic E-state index is 14.8. The lowest BCUT2D eigenvalue weighted by molar-refractivity contribution is -0.158. The fraction of sp³-hybridized carbons (Fsp3) is 0.333. The molecular weight excluding hydrogens is 522 g/mol. The van der Waals surface area contributed by atoms with Crippen molar-refractivity contribution >= 4 is 28.7 Å². The van der Waals surface area contributed by atoms with Gasteiger partial charge in [0.05, 0.1) is 5.39 Å². The fourth-order valence-electron chi connectivity index (χ4n) is 4.45. The molecule has 8 nitrogen and oxygen atoms in total. The number of amides is 2. The average Bonchev–Trinajstić information content (AvgIpc) is 3.61. The number of anilines is 1. The lowest BCUT2D eigenvalue weighted by atomic mass is 10.1. The number of nitrogens with zero attached hydrogens (tertiary/aromatic N) is 3. The molecule has 1 saturated heterocycles. The molecular formula is C24H18F6N4O4. The molecule has 2 N–H and O–H groups in total. The highest BCUT2D eigenvalue weighted by Crippen LogP contribution is 2.40. The van der Waals surface area contributed by atoms with Crippen LogP contribution in [0.3, 0.4) is 0 Å². The minimum Gasteiger partial charge on any atom is -0.383 e. The monoisotopic (exact) mass is 540 g/mol. The summed E-state index contributed by atoms with van der Waals surface area (Å²) in [5.41, 5.74) is -3.37. The summed E-state index contributed by atoms with van der Waals surface area (Å²) in [6, 6.07) is 0.711. The van der Waals surface area contributed by atoms with Gasteiger partial charge in [-0.15, -0.1) is 0 Å². The van der Waals surface area contributed by atoms with Crippen LogP contribution in [0, 0.1) is 23.4 Å². The molecule has 0 radical (unpaired) electrons. The lowest BCUT2D eigenvalue weighted by Crippen LogP contribution is -2.48. The second-order valence-electron chi connectivity index (χ2n) is 9.13. The van der Waals surface area contributed by atoms with Crippen molar-refractivity contribution in [2.75, 3.05) is 11.4 Å². The molecule has 2 aromatic heterocycles. The molecule has 2 aliphatic rings. The molecule has 0 spiro atoms. The minimum atomic E-state index is -4.80. The molecule has 1 unspecified atom stereocenters. The molecule has 38 heavy (non-hydrogen) atoms. The third kappa shape index (κ3) is 4.48. The largest absolute Gasteiger partial charge is 0.408 e. The summed E-state index contributed by atoms with van der Waals surface area (Å²) in [6.07, 6.45) is -4.97. The Hall–Kier alpha value is -3.94. The first-order valence-corrected chi connectivity index (χ1v) is 11.4. The third-order valence-electron chi connectivity index (χ3n) is 6.49. The van der Waals surface area contributed by atoms with Gasteiger partial charge in [-0.25, -0.2) is 18.2 Å². The number of aliphatic hydroxyl groups is 1. The van der Waals surface area contributed by atoms with Crippen molar-refractivity contribution in [3.05, 3.63) is 63.7 Å². The molecule has 1 aromatic carbocycles. The Kier molecular flexibility index (Phi) is 6.16. The first-order chi connectivity index (χ1) is 17.9. The minimum absolute atomic E-state index is 0.0441. The van der Waals surface area contributed by atoms with Crippen LogP contribution in [-0.2, 0) is 4.79 Å². The summed E-state index contributed by atoms with van der Waals surface area (Å²) in [7, 11) is 0. The molecule has 1 aliphatic carbocycles. The quantitative estimate of drug-likeness (QED) is 0.485. The molecule has 1 aliphatic heterocycles. The number of carbonyl (C=O) groups excluding carboxylic acids is 2. The number of hydrogen-bond donors (Lipinski definition) is 2. The SMILES string of the molecule is O=C(NC(C1CC1)C(F)(F)F)c1cn(-c2c(F)cc(F)cc2F)c2nc(N3CC[C@H](O)C3=O)ccc2c1=O.